The van der Waals surface area contributed by atoms with Gasteiger partial charge in [-0.2, -0.15) is 0 Å². The molecule has 0 aliphatic heterocycles. The first kappa shape index (κ1) is 29.7. The second kappa shape index (κ2) is 12.2. The molecule has 9 aromatic rings. The maximum absolute atomic E-state index is 2.44. The van der Waals surface area contributed by atoms with Crippen LogP contribution in [0, 0.1) is 13.8 Å². The molecule has 1 aromatic heterocycles. The molecular weight excluding hydrogens is 579 g/mol. The molecule has 0 amide bonds. The van der Waals surface area contributed by atoms with Crippen LogP contribution in [0.5, 0.6) is 0 Å². The minimum absolute atomic E-state index is 1.18. The quantitative estimate of drug-likeness (QED) is 0.174. The topological polar surface area (TPSA) is 4.93 Å². The number of aromatic nitrogens is 1. The summed E-state index contributed by atoms with van der Waals surface area (Å²) in [6.07, 6.45) is 1.25. The lowest BCUT2D eigenvalue weighted by Gasteiger charge is -2.15. The lowest BCUT2D eigenvalue weighted by atomic mass is 9.90. The van der Waals surface area contributed by atoms with Crippen molar-refractivity contribution >= 4 is 54.1 Å². The summed E-state index contributed by atoms with van der Waals surface area (Å²) in [5, 5.41) is 10.3. The number of aryl methyl sites for hydroxylation is 1. The molecule has 0 unspecified atom stereocenters. The Kier molecular flexibility index (Phi) is 7.54. The Labute approximate surface area is 282 Å². The van der Waals surface area contributed by atoms with Gasteiger partial charge in [-0.1, -0.05) is 142 Å². The Morgan fingerprint density at radius 2 is 0.917 bits per heavy atom. The van der Waals surface area contributed by atoms with E-state index in [1.54, 1.807) is 0 Å². The maximum Gasteiger partial charge on any atom is 0.0541 e. The zero-order valence-corrected chi connectivity index (χ0v) is 28.1. The Bertz CT molecular complexity index is 2600. The fourth-order valence-electron chi connectivity index (χ4n) is 7.57. The Morgan fingerprint density at radius 3 is 1.60 bits per heavy atom. The van der Waals surface area contributed by atoms with E-state index in [2.05, 4.69) is 184 Å². The minimum atomic E-state index is 1.18. The smallest absolute Gasteiger partial charge is 0.0541 e. The number of fused-ring (bicyclic) bond motifs is 9. The number of rotatable bonds is 3. The largest absolute Gasteiger partial charge is 0.309 e. The Morgan fingerprint density at radius 1 is 0.396 bits per heavy atom. The highest BCUT2D eigenvalue weighted by atomic mass is 15.0. The van der Waals surface area contributed by atoms with E-state index in [0.717, 1.165) is 0 Å². The maximum atomic E-state index is 2.44. The van der Waals surface area contributed by atoms with Crippen molar-refractivity contribution in [1.29, 1.82) is 0 Å². The SMILES string of the molecule is CCC.Cc1ccccc1-c1cccc(-c2ccc3c(c2)c2ccccc2n3-c2ccc3c4ccccc4c4ccccc4c3c2)c1C. The highest BCUT2D eigenvalue weighted by Crippen LogP contribution is 2.40. The third-order valence-electron chi connectivity index (χ3n) is 9.74. The Hall–Kier alpha value is -5.66. The van der Waals surface area contributed by atoms with E-state index in [1.807, 2.05) is 0 Å². The zero-order chi connectivity index (χ0) is 32.8. The molecule has 0 fully saturated rings. The van der Waals surface area contributed by atoms with Crippen LogP contribution in [0.3, 0.4) is 0 Å². The first-order valence-electron chi connectivity index (χ1n) is 17.1. The highest BCUT2D eigenvalue weighted by Gasteiger charge is 2.16. The highest BCUT2D eigenvalue weighted by molar-refractivity contribution is 6.25. The molecule has 1 heterocycles. The third-order valence-corrected chi connectivity index (χ3v) is 9.74. The van der Waals surface area contributed by atoms with Gasteiger partial charge in [0, 0.05) is 16.5 Å². The van der Waals surface area contributed by atoms with Crippen LogP contribution in [0.2, 0.25) is 0 Å². The molecule has 1 nitrogen and oxygen atoms in total. The van der Waals surface area contributed by atoms with Crippen molar-refractivity contribution in [3.63, 3.8) is 0 Å². The molecule has 9 rings (SSSR count). The van der Waals surface area contributed by atoms with Crippen molar-refractivity contribution in [1.82, 2.24) is 4.57 Å². The van der Waals surface area contributed by atoms with E-state index in [1.165, 1.54) is 99.6 Å². The monoisotopic (exact) mass is 617 g/mol. The molecule has 8 aromatic carbocycles. The fraction of sp³-hybridized carbons (Fsp3) is 0.106. The summed E-state index contributed by atoms with van der Waals surface area (Å²) < 4.78 is 2.44. The number of hydrogen-bond donors (Lipinski definition) is 0. The molecule has 0 aliphatic carbocycles. The van der Waals surface area contributed by atoms with Crippen molar-refractivity contribution in [3.8, 4) is 27.9 Å². The van der Waals surface area contributed by atoms with Gasteiger partial charge in [-0.05, 0) is 110 Å². The van der Waals surface area contributed by atoms with Gasteiger partial charge in [0.15, 0.2) is 0 Å². The van der Waals surface area contributed by atoms with Crippen LogP contribution in [0.15, 0.2) is 152 Å². The first-order chi connectivity index (χ1) is 23.6. The standard InChI is InChI=1S/C44H31N.C3H8/c1-28-12-3-4-13-32(28)34-20-11-19-33(29(34)2)30-22-25-44-42(26-30)40-18-9-10-21-43(40)45(44)31-23-24-39-37-16-6-5-14-35(37)36-15-7-8-17-38(36)41(39)27-31;1-3-2/h3-27H,1-2H3;3H2,1-2H3. The van der Waals surface area contributed by atoms with E-state index in [9.17, 15) is 0 Å². The minimum Gasteiger partial charge on any atom is -0.309 e. The van der Waals surface area contributed by atoms with Crippen LogP contribution < -0.4 is 0 Å². The first-order valence-corrected chi connectivity index (χ1v) is 17.1. The number of para-hydroxylation sites is 1. The van der Waals surface area contributed by atoms with E-state index >= 15 is 0 Å². The predicted octanol–water partition coefficient (Wildman–Crippen LogP) is 13.6. The summed E-state index contributed by atoms with van der Waals surface area (Å²) in [4.78, 5) is 0. The molecule has 232 valence electrons. The average Bonchev–Trinajstić information content (AvgIpc) is 3.46. The van der Waals surface area contributed by atoms with Crippen LogP contribution in [-0.4, -0.2) is 4.57 Å². The molecule has 0 saturated heterocycles. The van der Waals surface area contributed by atoms with Crippen molar-refractivity contribution in [2.24, 2.45) is 0 Å². The summed E-state index contributed by atoms with van der Waals surface area (Å²) in [6, 6.07) is 55.8. The van der Waals surface area contributed by atoms with Crippen LogP contribution >= 0.6 is 0 Å². The van der Waals surface area contributed by atoms with Crippen molar-refractivity contribution < 1.29 is 0 Å². The zero-order valence-electron chi connectivity index (χ0n) is 28.1. The normalized spacial score (nSPS) is 11.4. The van der Waals surface area contributed by atoms with Gasteiger partial charge >= 0.3 is 0 Å². The van der Waals surface area contributed by atoms with Gasteiger partial charge in [0.2, 0.25) is 0 Å². The van der Waals surface area contributed by atoms with Crippen molar-refractivity contribution in [3.05, 3.63) is 163 Å². The molecule has 1 heteroatoms. The molecule has 0 spiro atoms. The lowest BCUT2D eigenvalue weighted by Crippen LogP contribution is -1.95. The molecule has 0 saturated carbocycles. The number of benzene rings is 8. The van der Waals surface area contributed by atoms with E-state index < -0.39 is 0 Å². The number of hydrogen-bond acceptors (Lipinski definition) is 0. The van der Waals surface area contributed by atoms with Gasteiger partial charge in [0.1, 0.15) is 0 Å². The second-order valence-electron chi connectivity index (χ2n) is 12.9. The van der Waals surface area contributed by atoms with E-state index in [4.69, 9.17) is 0 Å². The second-order valence-corrected chi connectivity index (χ2v) is 12.9. The summed E-state index contributed by atoms with van der Waals surface area (Å²) >= 11 is 0. The van der Waals surface area contributed by atoms with Crippen molar-refractivity contribution in [2.45, 2.75) is 34.1 Å². The van der Waals surface area contributed by atoms with Gasteiger partial charge in [0.05, 0.1) is 11.0 Å². The lowest BCUT2D eigenvalue weighted by molar-refractivity contribution is 1.09. The van der Waals surface area contributed by atoms with Crippen LogP contribution in [0.4, 0.5) is 0 Å². The van der Waals surface area contributed by atoms with Gasteiger partial charge in [-0.3, -0.25) is 0 Å². The predicted molar refractivity (Wildman–Crippen MR) is 210 cm³/mol. The van der Waals surface area contributed by atoms with Crippen LogP contribution in [0.25, 0.3) is 82.1 Å². The van der Waals surface area contributed by atoms with Gasteiger partial charge in [-0.15, -0.1) is 0 Å². The average molecular weight is 618 g/mol. The van der Waals surface area contributed by atoms with E-state index in [-0.39, 0.29) is 0 Å². The summed E-state index contributed by atoms with van der Waals surface area (Å²) in [6.45, 7) is 8.70. The molecule has 0 aliphatic rings. The molecule has 0 atom stereocenters. The van der Waals surface area contributed by atoms with Crippen LogP contribution in [0.1, 0.15) is 31.4 Å². The number of nitrogens with zero attached hydrogens (tertiary/aromatic N) is 1. The molecule has 0 bridgehead atoms. The van der Waals surface area contributed by atoms with Crippen molar-refractivity contribution in [2.75, 3.05) is 0 Å². The summed E-state index contributed by atoms with van der Waals surface area (Å²) in [5.74, 6) is 0. The third kappa shape index (κ3) is 4.78. The van der Waals surface area contributed by atoms with Gasteiger partial charge in [0.25, 0.3) is 0 Å². The van der Waals surface area contributed by atoms with Crippen LogP contribution in [-0.2, 0) is 0 Å². The van der Waals surface area contributed by atoms with Gasteiger partial charge in [-0.25, -0.2) is 0 Å². The fourth-order valence-corrected chi connectivity index (χ4v) is 7.57. The summed E-state index contributed by atoms with van der Waals surface area (Å²) in [5.41, 5.74) is 11.3. The summed E-state index contributed by atoms with van der Waals surface area (Å²) in [7, 11) is 0. The Balaban J connectivity index is 0.00000108. The molecule has 0 radical (unpaired) electrons. The van der Waals surface area contributed by atoms with Gasteiger partial charge < -0.3 is 4.57 Å². The van der Waals surface area contributed by atoms with E-state index in [0.29, 0.717) is 0 Å². The molecule has 0 N–H and O–H groups in total. The molecule has 48 heavy (non-hydrogen) atoms. The molecular formula is C47H39N.